The predicted molar refractivity (Wildman–Crippen MR) is 112 cm³/mol. The van der Waals surface area contributed by atoms with E-state index in [1.165, 1.54) is 17.4 Å². The minimum absolute atomic E-state index is 0.0953. The third kappa shape index (κ3) is 6.05. The molecule has 0 spiro atoms. The van der Waals surface area contributed by atoms with Gasteiger partial charge in [-0.15, -0.1) is 11.3 Å². The monoisotopic (exact) mass is 427 g/mol. The first-order chi connectivity index (χ1) is 12.6. The van der Waals surface area contributed by atoms with Crippen LogP contribution in [0.2, 0.25) is 5.02 Å². The van der Waals surface area contributed by atoms with Gasteiger partial charge < -0.3 is 5.32 Å². The number of benzene rings is 1. The van der Waals surface area contributed by atoms with Crippen LogP contribution in [0.15, 0.2) is 29.1 Å². The van der Waals surface area contributed by atoms with Crippen molar-refractivity contribution in [3.05, 3.63) is 50.3 Å². The van der Waals surface area contributed by atoms with Crippen LogP contribution in [-0.4, -0.2) is 19.4 Å². The van der Waals surface area contributed by atoms with Gasteiger partial charge in [0.25, 0.3) is 10.0 Å². The molecule has 27 heavy (non-hydrogen) atoms. The molecular weight excluding hydrogens is 406 g/mol. The summed E-state index contributed by atoms with van der Waals surface area (Å²) in [5.74, 6) is 0.191. The van der Waals surface area contributed by atoms with Crippen LogP contribution in [0, 0.1) is 0 Å². The van der Waals surface area contributed by atoms with E-state index in [-0.39, 0.29) is 11.8 Å². The molecule has 0 saturated carbocycles. The van der Waals surface area contributed by atoms with Gasteiger partial charge in [-0.1, -0.05) is 39.3 Å². The van der Waals surface area contributed by atoms with Crippen LogP contribution < -0.4 is 10.0 Å². The van der Waals surface area contributed by atoms with Crippen molar-refractivity contribution in [2.45, 2.75) is 39.5 Å². The normalized spacial score (nSPS) is 12.1. The fourth-order valence-electron chi connectivity index (χ4n) is 2.47. The van der Waals surface area contributed by atoms with Gasteiger partial charge in [-0.2, -0.15) is 0 Å². The van der Waals surface area contributed by atoms with Crippen molar-refractivity contribution < 1.29 is 13.2 Å². The van der Waals surface area contributed by atoms with Gasteiger partial charge in [0.2, 0.25) is 0 Å². The maximum Gasteiger partial charge on any atom is 0.333 e. The molecule has 1 heterocycles. The van der Waals surface area contributed by atoms with Crippen LogP contribution in [0.1, 0.15) is 55.7 Å². The van der Waals surface area contributed by atoms with Gasteiger partial charge >= 0.3 is 6.03 Å². The summed E-state index contributed by atoms with van der Waals surface area (Å²) in [6.07, 6.45) is 2.90. The molecule has 0 aliphatic heterocycles. The predicted octanol–water partition coefficient (Wildman–Crippen LogP) is 5.17. The number of amides is 2. The Morgan fingerprint density at radius 2 is 1.78 bits per heavy atom. The van der Waals surface area contributed by atoms with Gasteiger partial charge in [0.1, 0.15) is 5.01 Å². The Balaban J connectivity index is 2.24. The highest BCUT2D eigenvalue weighted by Gasteiger charge is 2.19. The molecule has 2 N–H and O–H groups in total. The van der Waals surface area contributed by atoms with Crippen molar-refractivity contribution >= 4 is 50.8 Å². The molecule has 1 aromatic heterocycles. The Morgan fingerprint density at radius 3 is 2.26 bits per heavy atom. The maximum absolute atomic E-state index is 12.3. The number of halogens is 1. The number of rotatable bonds is 6. The Hall–Kier alpha value is -1.90. The number of anilines is 1. The molecule has 0 saturated heterocycles. The number of carbonyl (C=O) groups is 1. The lowest BCUT2D eigenvalue weighted by atomic mass is 9.92. The van der Waals surface area contributed by atoms with Crippen LogP contribution in [0.3, 0.4) is 0 Å². The van der Waals surface area contributed by atoms with Gasteiger partial charge in [-0.25, -0.2) is 22.9 Å². The second-order valence-corrected chi connectivity index (χ2v) is 9.47. The number of sulfonamides is 1. The molecule has 2 rings (SSSR count). The fraction of sp³-hybridized carbons (Fsp3) is 0.333. The standard InChI is InChI=1S/C18H22ClN3O3S2/c1-11(2)14-9-13(19)10-15(12(3)4)17(14)21-18(23)22-27(24,25)8-5-16-20-6-7-26-16/h5-12H,1-4H3,(H2,21,22,23)/b8-5+. The molecule has 6 nitrogen and oxygen atoms in total. The number of nitrogens with zero attached hydrogens (tertiary/aromatic N) is 1. The number of hydrogen-bond acceptors (Lipinski definition) is 5. The van der Waals surface area contributed by atoms with Gasteiger partial charge in [0.15, 0.2) is 0 Å². The van der Waals surface area contributed by atoms with Gasteiger partial charge in [-0.3, -0.25) is 0 Å². The SMILES string of the molecule is CC(C)c1cc(Cl)cc(C(C)C)c1NC(=O)NS(=O)(=O)/C=C/c1nccs1. The smallest absolute Gasteiger partial charge is 0.307 e. The molecule has 9 heteroatoms. The molecule has 1 aromatic carbocycles. The largest absolute Gasteiger partial charge is 0.333 e. The van der Waals surface area contributed by atoms with Crippen molar-refractivity contribution in [1.29, 1.82) is 0 Å². The summed E-state index contributed by atoms with van der Waals surface area (Å²) >= 11 is 7.50. The van der Waals surface area contributed by atoms with E-state index in [1.807, 2.05) is 32.4 Å². The minimum atomic E-state index is -3.95. The molecule has 146 valence electrons. The molecule has 0 aliphatic rings. The van der Waals surface area contributed by atoms with E-state index in [1.54, 1.807) is 23.7 Å². The number of nitrogens with one attached hydrogen (secondary N) is 2. The van der Waals surface area contributed by atoms with Crippen molar-refractivity contribution in [3.63, 3.8) is 0 Å². The van der Waals surface area contributed by atoms with E-state index in [2.05, 4.69) is 10.3 Å². The first-order valence-corrected chi connectivity index (χ1v) is 11.1. The maximum atomic E-state index is 12.3. The number of carbonyl (C=O) groups excluding carboxylic acids is 1. The molecule has 2 amide bonds. The second kappa shape index (κ2) is 8.86. The molecule has 2 aromatic rings. The molecular formula is C18H22ClN3O3S2. The van der Waals surface area contributed by atoms with Gasteiger partial charge in [0.05, 0.1) is 5.41 Å². The molecule has 0 radical (unpaired) electrons. The highest BCUT2D eigenvalue weighted by molar-refractivity contribution is 7.93. The average Bonchev–Trinajstić information content (AvgIpc) is 3.07. The van der Waals surface area contributed by atoms with Gasteiger partial charge in [0, 0.05) is 22.3 Å². The Morgan fingerprint density at radius 1 is 1.19 bits per heavy atom. The van der Waals surface area contributed by atoms with Crippen LogP contribution in [0.4, 0.5) is 10.5 Å². The number of aromatic nitrogens is 1. The topological polar surface area (TPSA) is 88.2 Å². The van der Waals surface area contributed by atoms with E-state index >= 15 is 0 Å². The summed E-state index contributed by atoms with van der Waals surface area (Å²) in [6, 6.07) is 2.74. The van der Waals surface area contributed by atoms with E-state index in [0.717, 1.165) is 16.5 Å². The number of thiazole rings is 1. The third-order valence-corrected chi connectivity index (χ3v) is 5.65. The van der Waals surface area contributed by atoms with E-state index in [0.29, 0.717) is 15.7 Å². The van der Waals surface area contributed by atoms with Crippen LogP contribution in [0.25, 0.3) is 6.08 Å². The molecule has 0 aliphatic carbocycles. The summed E-state index contributed by atoms with van der Waals surface area (Å²) in [7, 11) is -3.95. The quantitative estimate of drug-likeness (QED) is 0.665. The fourth-order valence-corrected chi connectivity index (χ4v) is 4.01. The zero-order valence-corrected chi connectivity index (χ0v) is 17.9. The zero-order chi connectivity index (χ0) is 20.2. The van der Waals surface area contributed by atoms with E-state index in [4.69, 9.17) is 11.6 Å². The molecule has 0 atom stereocenters. The summed E-state index contributed by atoms with van der Waals surface area (Å²) in [5.41, 5.74) is 2.27. The summed E-state index contributed by atoms with van der Waals surface area (Å²) in [6.45, 7) is 7.91. The summed E-state index contributed by atoms with van der Waals surface area (Å²) < 4.78 is 26.2. The minimum Gasteiger partial charge on any atom is -0.307 e. The number of hydrogen-bond donors (Lipinski definition) is 2. The summed E-state index contributed by atoms with van der Waals surface area (Å²) in [5, 5.41) is 6.44. The molecule has 0 bridgehead atoms. The lowest BCUT2D eigenvalue weighted by Gasteiger charge is -2.21. The highest BCUT2D eigenvalue weighted by Crippen LogP contribution is 2.35. The Labute approximate surface area is 168 Å². The number of urea groups is 1. The highest BCUT2D eigenvalue weighted by atomic mass is 35.5. The van der Waals surface area contributed by atoms with Crippen molar-refractivity contribution in [2.75, 3.05) is 5.32 Å². The summed E-state index contributed by atoms with van der Waals surface area (Å²) in [4.78, 5) is 16.3. The van der Waals surface area contributed by atoms with Crippen molar-refractivity contribution in [2.24, 2.45) is 0 Å². The lowest BCUT2D eigenvalue weighted by Crippen LogP contribution is -2.33. The van der Waals surface area contributed by atoms with Crippen LogP contribution in [0.5, 0.6) is 0 Å². The van der Waals surface area contributed by atoms with Crippen molar-refractivity contribution in [1.82, 2.24) is 9.71 Å². The first-order valence-electron chi connectivity index (χ1n) is 8.33. The Kier molecular flexibility index (Phi) is 7.02. The zero-order valence-electron chi connectivity index (χ0n) is 15.5. The Bertz CT molecular complexity index is 908. The third-order valence-electron chi connectivity index (χ3n) is 3.72. The van der Waals surface area contributed by atoms with E-state index in [9.17, 15) is 13.2 Å². The second-order valence-electron chi connectivity index (χ2n) is 6.54. The average molecular weight is 428 g/mol. The lowest BCUT2D eigenvalue weighted by molar-refractivity contribution is 0.256. The van der Waals surface area contributed by atoms with E-state index < -0.39 is 16.1 Å². The van der Waals surface area contributed by atoms with Crippen LogP contribution in [-0.2, 0) is 10.0 Å². The van der Waals surface area contributed by atoms with Crippen molar-refractivity contribution in [3.8, 4) is 0 Å². The van der Waals surface area contributed by atoms with Gasteiger partial charge in [-0.05, 0) is 41.2 Å². The van der Waals surface area contributed by atoms with Crippen LogP contribution >= 0.6 is 22.9 Å². The first kappa shape index (κ1) is 21.4. The molecule has 0 fully saturated rings. The molecule has 0 unspecified atom stereocenters.